The van der Waals surface area contributed by atoms with Crippen molar-refractivity contribution < 1.29 is 23.1 Å². The number of carbonyl (C=O) groups is 1. The van der Waals surface area contributed by atoms with Crippen LogP contribution < -0.4 is 4.90 Å². The number of benzene rings is 1. The largest absolute Gasteiger partial charge is 0.397 e. The highest BCUT2D eigenvalue weighted by Crippen LogP contribution is 2.49. The van der Waals surface area contributed by atoms with Gasteiger partial charge in [-0.2, -0.15) is 13.2 Å². The van der Waals surface area contributed by atoms with Crippen LogP contribution >= 0.6 is 0 Å². The maximum atomic E-state index is 12.8. The third kappa shape index (κ3) is 3.66. The number of nitrogens with zero attached hydrogens (tertiary/aromatic N) is 2. The van der Waals surface area contributed by atoms with Crippen molar-refractivity contribution in [3.05, 3.63) is 29.8 Å². The third-order valence-corrected chi connectivity index (χ3v) is 6.67. The number of aliphatic hydroxyl groups is 1. The molecule has 3 atom stereocenters. The van der Waals surface area contributed by atoms with E-state index in [9.17, 15) is 23.1 Å². The highest BCUT2D eigenvalue weighted by molar-refractivity contribution is 5.95. The number of hydrogen-bond acceptors (Lipinski definition) is 3. The van der Waals surface area contributed by atoms with Crippen LogP contribution in [0.15, 0.2) is 24.3 Å². The fraction of sp³-hybridized carbons (Fsp3) is 0.667. The van der Waals surface area contributed by atoms with Gasteiger partial charge in [0.15, 0.2) is 0 Å². The average Bonchev–Trinajstić information content (AvgIpc) is 2.65. The van der Waals surface area contributed by atoms with Crippen LogP contribution in [-0.4, -0.2) is 53.9 Å². The summed E-state index contributed by atoms with van der Waals surface area (Å²) in [4.78, 5) is 16.0. The van der Waals surface area contributed by atoms with Gasteiger partial charge >= 0.3 is 6.18 Å². The van der Waals surface area contributed by atoms with Crippen molar-refractivity contribution in [2.75, 3.05) is 24.6 Å². The van der Waals surface area contributed by atoms with E-state index in [1.807, 2.05) is 12.1 Å². The lowest BCUT2D eigenvalue weighted by Gasteiger charge is -2.60. The zero-order valence-electron chi connectivity index (χ0n) is 15.9. The Morgan fingerprint density at radius 1 is 1.14 bits per heavy atom. The average molecular weight is 396 g/mol. The summed E-state index contributed by atoms with van der Waals surface area (Å²) in [6.07, 6.45) is 0.0747. The molecule has 1 saturated heterocycles. The molecule has 0 unspecified atom stereocenters. The van der Waals surface area contributed by atoms with Gasteiger partial charge < -0.3 is 10.0 Å². The van der Waals surface area contributed by atoms with E-state index in [0.29, 0.717) is 11.6 Å². The van der Waals surface area contributed by atoms with E-state index >= 15 is 0 Å². The first-order valence-electron chi connectivity index (χ1n) is 10.2. The van der Waals surface area contributed by atoms with E-state index in [1.165, 1.54) is 37.0 Å². The van der Waals surface area contributed by atoms with Crippen molar-refractivity contribution in [3.63, 3.8) is 0 Å². The molecule has 1 N–H and O–H groups in total. The SMILES string of the molecule is O=C(CC(F)(F)F)N1C[C@@H]2[C@H](c3ccccc31)[C@H](CO)N2CC1CCCCC1. The molecule has 2 aliphatic heterocycles. The maximum absolute atomic E-state index is 12.8. The van der Waals surface area contributed by atoms with Crippen molar-refractivity contribution in [2.45, 2.75) is 62.7 Å². The van der Waals surface area contributed by atoms with Crippen LogP contribution in [0.4, 0.5) is 18.9 Å². The Balaban J connectivity index is 1.58. The minimum Gasteiger partial charge on any atom is -0.395 e. The highest BCUT2D eigenvalue weighted by atomic mass is 19.4. The topological polar surface area (TPSA) is 43.8 Å². The van der Waals surface area contributed by atoms with Gasteiger partial charge in [-0.25, -0.2) is 0 Å². The number of alkyl halides is 3. The van der Waals surface area contributed by atoms with Gasteiger partial charge in [0, 0.05) is 36.8 Å². The number of likely N-dealkylation sites (tertiary alicyclic amines) is 1. The Morgan fingerprint density at radius 2 is 1.86 bits per heavy atom. The second-order valence-electron chi connectivity index (χ2n) is 8.40. The molecule has 0 bridgehead atoms. The van der Waals surface area contributed by atoms with Gasteiger partial charge in [0.25, 0.3) is 0 Å². The molecule has 3 aliphatic rings. The van der Waals surface area contributed by atoms with Gasteiger partial charge in [-0.3, -0.25) is 9.69 Å². The first-order valence-corrected chi connectivity index (χ1v) is 10.2. The molecular formula is C21H27F3N2O2. The lowest BCUT2D eigenvalue weighted by Crippen LogP contribution is -2.70. The predicted molar refractivity (Wildman–Crippen MR) is 100 cm³/mol. The first-order chi connectivity index (χ1) is 13.4. The number of amides is 1. The number of halogens is 3. The van der Waals surface area contributed by atoms with E-state index < -0.39 is 18.5 Å². The third-order valence-electron chi connectivity index (χ3n) is 6.67. The van der Waals surface area contributed by atoms with Crippen LogP contribution in [0, 0.1) is 5.92 Å². The van der Waals surface area contributed by atoms with Crippen molar-refractivity contribution in [2.24, 2.45) is 5.92 Å². The normalized spacial score (nSPS) is 28.4. The second-order valence-corrected chi connectivity index (χ2v) is 8.40. The molecule has 154 valence electrons. The molecule has 1 amide bonds. The van der Waals surface area contributed by atoms with Gasteiger partial charge in [-0.15, -0.1) is 0 Å². The molecule has 0 radical (unpaired) electrons. The van der Waals surface area contributed by atoms with Gasteiger partial charge in [0.1, 0.15) is 6.42 Å². The molecule has 4 rings (SSSR count). The lowest BCUT2D eigenvalue weighted by atomic mass is 9.71. The summed E-state index contributed by atoms with van der Waals surface area (Å²) >= 11 is 0. The molecule has 1 saturated carbocycles. The fourth-order valence-corrected chi connectivity index (χ4v) is 5.41. The number of aliphatic hydroxyl groups excluding tert-OH is 1. The van der Waals surface area contributed by atoms with E-state index in [-0.39, 0.29) is 31.2 Å². The van der Waals surface area contributed by atoms with Crippen molar-refractivity contribution >= 4 is 11.6 Å². The number of para-hydroxylation sites is 1. The number of carbonyl (C=O) groups excluding carboxylic acids is 1. The molecule has 0 spiro atoms. The minimum atomic E-state index is -4.52. The number of hydrogen-bond donors (Lipinski definition) is 1. The van der Waals surface area contributed by atoms with E-state index in [2.05, 4.69) is 4.90 Å². The molecule has 0 aromatic heterocycles. The monoisotopic (exact) mass is 396 g/mol. The zero-order chi connectivity index (χ0) is 19.9. The number of anilines is 1. The maximum Gasteiger partial charge on any atom is 0.397 e. The molecule has 2 heterocycles. The summed E-state index contributed by atoms with van der Waals surface area (Å²) in [5, 5.41) is 10.0. The predicted octanol–water partition coefficient (Wildman–Crippen LogP) is 3.69. The molecule has 2 fully saturated rings. The van der Waals surface area contributed by atoms with Gasteiger partial charge in [-0.05, 0) is 30.4 Å². The summed E-state index contributed by atoms with van der Waals surface area (Å²) in [5.74, 6) is -0.261. The Kier molecular flexibility index (Phi) is 5.40. The summed E-state index contributed by atoms with van der Waals surface area (Å²) < 4.78 is 38.5. The van der Waals surface area contributed by atoms with Crippen molar-refractivity contribution in [1.82, 2.24) is 4.90 Å². The second kappa shape index (κ2) is 7.67. The van der Waals surface area contributed by atoms with E-state index in [4.69, 9.17) is 0 Å². The van der Waals surface area contributed by atoms with Crippen LogP contribution in [0.1, 0.15) is 50.0 Å². The molecule has 1 aliphatic carbocycles. The molecule has 1 aromatic carbocycles. The lowest BCUT2D eigenvalue weighted by molar-refractivity contribution is -0.152. The summed E-state index contributed by atoms with van der Waals surface area (Å²) in [5.41, 5.74) is 1.45. The molecular weight excluding hydrogens is 369 g/mol. The van der Waals surface area contributed by atoms with Crippen LogP contribution in [-0.2, 0) is 4.79 Å². The minimum absolute atomic E-state index is 0.0204. The standard InChI is InChI=1S/C21H27F3N2O2/c22-21(23,24)10-19(28)26-12-17-20(15-8-4-5-9-16(15)26)18(13-27)25(17)11-14-6-2-1-3-7-14/h4-5,8-9,14,17-18,20,27H,1-3,6-7,10-13H2/t17-,18+,20+/m1/s1. The smallest absolute Gasteiger partial charge is 0.395 e. The van der Waals surface area contributed by atoms with Gasteiger partial charge in [0.05, 0.1) is 6.61 Å². The summed E-state index contributed by atoms with van der Waals surface area (Å²) in [6, 6.07) is 7.17. The van der Waals surface area contributed by atoms with Gasteiger partial charge in [0.2, 0.25) is 5.91 Å². The highest BCUT2D eigenvalue weighted by Gasteiger charge is 2.53. The quantitative estimate of drug-likeness (QED) is 0.844. The van der Waals surface area contributed by atoms with Crippen molar-refractivity contribution in [1.29, 1.82) is 0 Å². The summed E-state index contributed by atoms with van der Waals surface area (Å²) in [7, 11) is 0. The van der Waals surface area contributed by atoms with Crippen LogP contribution in [0.3, 0.4) is 0 Å². The van der Waals surface area contributed by atoms with Crippen LogP contribution in [0.2, 0.25) is 0 Å². The molecule has 28 heavy (non-hydrogen) atoms. The zero-order valence-corrected chi connectivity index (χ0v) is 15.9. The van der Waals surface area contributed by atoms with E-state index in [1.54, 1.807) is 12.1 Å². The Morgan fingerprint density at radius 3 is 2.54 bits per heavy atom. The van der Waals surface area contributed by atoms with Crippen LogP contribution in [0.5, 0.6) is 0 Å². The van der Waals surface area contributed by atoms with Gasteiger partial charge in [-0.1, -0.05) is 37.5 Å². The molecule has 1 aromatic rings. The number of rotatable bonds is 4. The summed E-state index contributed by atoms with van der Waals surface area (Å²) in [6.45, 7) is 1.15. The Bertz CT molecular complexity index is 718. The van der Waals surface area contributed by atoms with Crippen LogP contribution in [0.25, 0.3) is 0 Å². The number of fused-ring (bicyclic) bond motifs is 3. The molecule has 7 heteroatoms. The Labute approximate surface area is 163 Å². The fourth-order valence-electron chi connectivity index (χ4n) is 5.41. The Hall–Kier alpha value is -1.60. The molecule has 4 nitrogen and oxygen atoms in total. The first kappa shape index (κ1) is 19.7. The van der Waals surface area contributed by atoms with E-state index in [0.717, 1.165) is 12.1 Å². The van der Waals surface area contributed by atoms with Crippen molar-refractivity contribution in [3.8, 4) is 0 Å².